The number of benzene rings is 1. The number of amides is 1. The van der Waals surface area contributed by atoms with Crippen LogP contribution in [0.1, 0.15) is 23.7 Å². The van der Waals surface area contributed by atoms with E-state index in [0.29, 0.717) is 12.1 Å². The Balaban J connectivity index is 2.67. The molecule has 2 N–H and O–H groups in total. The number of rotatable bonds is 5. The van der Waals surface area contributed by atoms with Gasteiger partial charge in [0.1, 0.15) is 0 Å². The van der Waals surface area contributed by atoms with Crippen molar-refractivity contribution in [2.24, 2.45) is 5.10 Å². The second-order valence-corrected chi connectivity index (χ2v) is 3.57. The third-order valence-electron chi connectivity index (χ3n) is 2.16. The zero-order chi connectivity index (χ0) is 13.5. The standard InChI is InChI=1S/C11H13N3O4/c1-8(6-7-15)12-13-11(16)9-2-4-10(5-3-9)14(17)18/h2-5,15H,6-7H2,1H3,(H,13,16)/b12-8-. The van der Waals surface area contributed by atoms with Crippen LogP contribution < -0.4 is 5.43 Å². The smallest absolute Gasteiger partial charge is 0.271 e. The van der Waals surface area contributed by atoms with Gasteiger partial charge in [0.2, 0.25) is 0 Å². The van der Waals surface area contributed by atoms with E-state index in [-0.39, 0.29) is 17.9 Å². The van der Waals surface area contributed by atoms with E-state index in [1.165, 1.54) is 24.3 Å². The van der Waals surface area contributed by atoms with Crippen molar-refractivity contribution < 1.29 is 14.8 Å². The number of nitrogens with one attached hydrogen (secondary N) is 1. The molecule has 0 aliphatic carbocycles. The highest BCUT2D eigenvalue weighted by Gasteiger charge is 2.08. The van der Waals surface area contributed by atoms with Crippen LogP contribution in [-0.2, 0) is 0 Å². The molecule has 1 amide bonds. The number of nitro groups is 1. The largest absolute Gasteiger partial charge is 0.396 e. The Kier molecular flexibility index (Phi) is 4.94. The maximum atomic E-state index is 11.6. The first-order chi connectivity index (χ1) is 8.54. The molecule has 0 unspecified atom stereocenters. The van der Waals surface area contributed by atoms with Crippen molar-refractivity contribution >= 4 is 17.3 Å². The molecule has 0 saturated heterocycles. The van der Waals surface area contributed by atoms with E-state index in [4.69, 9.17) is 5.11 Å². The number of nitrogens with zero attached hydrogens (tertiary/aromatic N) is 2. The summed E-state index contributed by atoms with van der Waals surface area (Å²) in [7, 11) is 0. The Morgan fingerprint density at radius 3 is 2.56 bits per heavy atom. The molecular weight excluding hydrogens is 238 g/mol. The van der Waals surface area contributed by atoms with Crippen LogP contribution in [0.3, 0.4) is 0 Å². The number of nitro benzene ring substituents is 1. The monoisotopic (exact) mass is 251 g/mol. The minimum absolute atomic E-state index is 0.0390. The molecule has 0 fully saturated rings. The minimum Gasteiger partial charge on any atom is -0.396 e. The van der Waals surface area contributed by atoms with Crippen molar-refractivity contribution in [2.75, 3.05) is 6.61 Å². The summed E-state index contributed by atoms with van der Waals surface area (Å²) in [6.07, 6.45) is 0.376. The lowest BCUT2D eigenvalue weighted by Gasteiger charge is -2.01. The summed E-state index contributed by atoms with van der Waals surface area (Å²) in [5.41, 5.74) is 3.09. The Bertz CT molecular complexity index is 468. The highest BCUT2D eigenvalue weighted by Crippen LogP contribution is 2.11. The van der Waals surface area contributed by atoms with Gasteiger partial charge in [-0.2, -0.15) is 5.10 Å². The van der Waals surface area contributed by atoms with Crippen molar-refractivity contribution in [2.45, 2.75) is 13.3 Å². The molecule has 0 radical (unpaired) electrons. The van der Waals surface area contributed by atoms with Gasteiger partial charge >= 0.3 is 0 Å². The summed E-state index contributed by atoms with van der Waals surface area (Å²) in [5, 5.41) is 22.8. The second kappa shape index (κ2) is 6.45. The van der Waals surface area contributed by atoms with Crippen LogP contribution in [-0.4, -0.2) is 28.3 Å². The first-order valence-electron chi connectivity index (χ1n) is 5.23. The lowest BCUT2D eigenvalue weighted by molar-refractivity contribution is -0.384. The fourth-order valence-corrected chi connectivity index (χ4v) is 1.16. The minimum atomic E-state index is -0.536. The van der Waals surface area contributed by atoms with Gasteiger partial charge in [0.15, 0.2) is 0 Å². The van der Waals surface area contributed by atoms with Crippen molar-refractivity contribution in [3.8, 4) is 0 Å². The quantitative estimate of drug-likeness (QED) is 0.464. The maximum absolute atomic E-state index is 11.6. The van der Waals surface area contributed by atoms with E-state index < -0.39 is 10.8 Å². The number of hydrazone groups is 1. The van der Waals surface area contributed by atoms with E-state index in [9.17, 15) is 14.9 Å². The van der Waals surface area contributed by atoms with Gasteiger partial charge in [-0.05, 0) is 19.1 Å². The van der Waals surface area contributed by atoms with Gasteiger partial charge in [0, 0.05) is 36.4 Å². The Labute approximate surface area is 103 Å². The molecule has 1 aromatic carbocycles. The lowest BCUT2D eigenvalue weighted by Crippen LogP contribution is -2.19. The van der Waals surface area contributed by atoms with E-state index >= 15 is 0 Å². The van der Waals surface area contributed by atoms with Crippen LogP contribution in [0.5, 0.6) is 0 Å². The van der Waals surface area contributed by atoms with Gasteiger partial charge in [-0.15, -0.1) is 0 Å². The average molecular weight is 251 g/mol. The highest BCUT2D eigenvalue weighted by molar-refractivity contribution is 5.95. The van der Waals surface area contributed by atoms with Crippen LogP contribution in [0.15, 0.2) is 29.4 Å². The van der Waals surface area contributed by atoms with E-state index in [2.05, 4.69) is 10.5 Å². The molecule has 0 saturated carbocycles. The van der Waals surface area contributed by atoms with E-state index in [1.807, 2.05) is 0 Å². The maximum Gasteiger partial charge on any atom is 0.271 e. The summed E-state index contributed by atoms with van der Waals surface area (Å²) < 4.78 is 0. The van der Waals surface area contributed by atoms with E-state index in [0.717, 1.165) is 0 Å². The molecule has 0 aliphatic rings. The third-order valence-corrected chi connectivity index (χ3v) is 2.16. The van der Waals surface area contributed by atoms with Gasteiger partial charge in [-0.1, -0.05) is 0 Å². The molecule has 0 atom stereocenters. The SMILES string of the molecule is C/C(CCO)=N/NC(=O)c1ccc([N+](=O)[O-])cc1. The Morgan fingerprint density at radius 2 is 2.06 bits per heavy atom. The Morgan fingerprint density at radius 1 is 1.44 bits per heavy atom. The van der Waals surface area contributed by atoms with Crippen LogP contribution in [0, 0.1) is 10.1 Å². The highest BCUT2D eigenvalue weighted by atomic mass is 16.6. The number of hydrogen-bond acceptors (Lipinski definition) is 5. The summed E-state index contributed by atoms with van der Waals surface area (Å²) in [5.74, 6) is -0.456. The number of carbonyl (C=O) groups is 1. The van der Waals surface area contributed by atoms with Gasteiger partial charge in [0.25, 0.3) is 11.6 Å². The fraction of sp³-hybridized carbons (Fsp3) is 0.273. The van der Waals surface area contributed by atoms with Crippen LogP contribution in [0.2, 0.25) is 0 Å². The molecular formula is C11H13N3O4. The van der Waals surface area contributed by atoms with Gasteiger partial charge in [0.05, 0.1) is 4.92 Å². The molecule has 96 valence electrons. The number of carbonyl (C=O) groups excluding carboxylic acids is 1. The van der Waals surface area contributed by atoms with Crippen molar-refractivity contribution in [1.82, 2.24) is 5.43 Å². The summed E-state index contributed by atoms with van der Waals surface area (Å²) >= 11 is 0. The fourth-order valence-electron chi connectivity index (χ4n) is 1.16. The lowest BCUT2D eigenvalue weighted by atomic mass is 10.2. The van der Waals surface area contributed by atoms with Gasteiger partial charge in [-0.3, -0.25) is 14.9 Å². The summed E-state index contributed by atoms with van der Waals surface area (Å²) in [6, 6.07) is 5.20. The third kappa shape index (κ3) is 3.95. The molecule has 0 aromatic heterocycles. The number of aliphatic hydroxyl groups is 1. The average Bonchev–Trinajstić information content (AvgIpc) is 2.36. The number of non-ortho nitro benzene ring substituents is 1. The van der Waals surface area contributed by atoms with Gasteiger partial charge < -0.3 is 5.11 Å². The van der Waals surface area contributed by atoms with E-state index in [1.54, 1.807) is 6.92 Å². The predicted octanol–water partition coefficient (Wildman–Crippen LogP) is 1.08. The summed E-state index contributed by atoms with van der Waals surface area (Å²) in [4.78, 5) is 21.5. The first kappa shape index (κ1) is 13.8. The second-order valence-electron chi connectivity index (χ2n) is 3.57. The molecule has 0 bridgehead atoms. The molecule has 7 heteroatoms. The predicted molar refractivity (Wildman–Crippen MR) is 65.4 cm³/mol. The molecule has 18 heavy (non-hydrogen) atoms. The molecule has 0 heterocycles. The Hall–Kier alpha value is -2.28. The van der Waals surface area contributed by atoms with Crippen molar-refractivity contribution in [1.29, 1.82) is 0 Å². The molecule has 7 nitrogen and oxygen atoms in total. The molecule has 0 aliphatic heterocycles. The number of hydrogen-bond donors (Lipinski definition) is 2. The van der Waals surface area contributed by atoms with Crippen molar-refractivity contribution in [3.05, 3.63) is 39.9 Å². The zero-order valence-electron chi connectivity index (χ0n) is 9.79. The molecule has 1 rings (SSSR count). The van der Waals surface area contributed by atoms with Crippen LogP contribution >= 0.6 is 0 Å². The van der Waals surface area contributed by atoms with Crippen molar-refractivity contribution in [3.63, 3.8) is 0 Å². The zero-order valence-corrected chi connectivity index (χ0v) is 9.79. The van der Waals surface area contributed by atoms with Gasteiger partial charge in [-0.25, -0.2) is 5.43 Å². The first-order valence-corrected chi connectivity index (χ1v) is 5.23. The number of aliphatic hydroxyl groups excluding tert-OH is 1. The normalized spacial score (nSPS) is 11.1. The summed E-state index contributed by atoms with van der Waals surface area (Å²) in [6.45, 7) is 1.63. The molecule has 1 aromatic rings. The topological polar surface area (TPSA) is 105 Å². The molecule has 0 spiro atoms. The van der Waals surface area contributed by atoms with Crippen LogP contribution in [0.25, 0.3) is 0 Å². The van der Waals surface area contributed by atoms with Crippen LogP contribution in [0.4, 0.5) is 5.69 Å².